The second-order valence-corrected chi connectivity index (χ2v) is 4.49. The van der Waals surface area contributed by atoms with Gasteiger partial charge in [0, 0.05) is 6.04 Å². The third kappa shape index (κ3) is 3.63. The van der Waals surface area contributed by atoms with Gasteiger partial charge < -0.3 is 9.67 Å². The van der Waals surface area contributed by atoms with Crippen molar-refractivity contribution in [3.05, 3.63) is 12.2 Å². The maximum absolute atomic E-state index is 9.05. The Hall–Kier alpha value is -0.900. The first kappa shape index (κ1) is 12.2. The maximum atomic E-state index is 9.05. The highest BCUT2D eigenvalue weighted by molar-refractivity contribution is 4.85. The molecule has 0 fully saturated rings. The molecular weight excluding hydrogens is 190 g/mol. The molecule has 86 valence electrons. The third-order valence-corrected chi connectivity index (χ3v) is 2.67. The van der Waals surface area contributed by atoms with Gasteiger partial charge in [-0.2, -0.15) is 0 Å². The standard InChI is InChI=1S/C11H21N3O/c1-9(2)5-4-6-10(3)14-8-12-13-11(14)7-15/h8-10,15H,4-7H2,1-3H3. The van der Waals surface area contributed by atoms with Crippen LogP contribution >= 0.6 is 0 Å². The Balaban J connectivity index is 2.43. The highest BCUT2D eigenvalue weighted by Gasteiger charge is 2.09. The summed E-state index contributed by atoms with van der Waals surface area (Å²) in [6.45, 7) is 6.59. The molecule has 0 aliphatic heterocycles. The molecule has 1 aromatic heterocycles. The molecule has 0 bridgehead atoms. The molecule has 0 aliphatic rings. The Morgan fingerprint density at radius 1 is 1.33 bits per heavy atom. The van der Waals surface area contributed by atoms with E-state index >= 15 is 0 Å². The second-order valence-electron chi connectivity index (χ2n) is 4.49. The molecule has 1 rings (SSSR count). The van der Waals surface area contributed by atoms with Crippen molar-refractivity contribution in [3.63, 3.8) is 0 Å². The summed E-state index contributed by atoms with van der Waals surface area (Å²) in [4.78, 5) is 0. The lowest BCUT2D eigenvalue weighted by Crippen LogP contribution is -2.09. The quantitative estimate of drug-likeness (QED) is 0.784. The fraction of sp³-hybridized carbons (Fsp3) is 0.818. The molecule has 0 radical (unpaired) electrons. The Morgan fingerprint density at radius 2 is 2.07 bits per heavy atom. The highest BCUT2D eigenvalue weighted by Crippen LogP contribution is 2.17. The molecule has 1 N–H and O–H groups in total. The van der Waals surface area contributed by atoms with Crippen molar-refractivity contribution < 1.29 is 5.11 Å². The number of hydrogen-bond acceptors (Lipinski definition) is 3. The van der Waals surface area contributed by atoms with Gasteiger partial charge in [0.2, 0.25) is 0 Å². The molecule has 4 heteroatoms. The van der Waals surface area contributed by atoms with Crippen LogP contribution in [0.15, 0.2) is 6.33 Å². The van der Waals surface area contributed by atoms with Gasteiger partial charge in [-0.15, -0.1) is 10.2 Å². The predicted octanol–water partition coefficient (Wildman–Crippen LogP) is 2.16. The van der Waals surface area contributed by atoms with Crippen molar-refractivity contribution in [1.82, 2.24) is 14.8 Å². The van der Waals surface area contributed by atoms with Gasteiger partial charge in [-0.05, 0) is 19.3 Å². The van der Waals surface area contributed by atoms with Crippen LogP contribution in [0.2, 0.25) is 0 Å². The smallest absolute Gasteiger partial charge is 0.158 e. The Morgan fingerprint density at radius 3 is 2.67 bits per heavy atom. The molecule has 0 aromatic carbocycles. The maximum Gasteiger partial charge on any atom is 0.158 e. The van der Waals surface area contributed by atoms with Crippen molar-refractivity contribution in [2.45, 2.75) is 52.7 Å². The van der Waals surface area contributed by atoms with Crippen LogP contribution in [0.5, 0.6) is 0 Å². The summed E-state index contributed by atoms with van der Waals surface area (Å²) in [5.74, 6) is 1.42. The molecular formula is C11H21N3O. The Kier molecular flexibility index (Phi) is 4.75. The first-order chi connectivity index (χ1) is 7.15. The third-order valence-electron chi connectivity index (χ3n) is 2.67. The van der Waals surface area contributed by atoms with Gasteiger partial charge in [0.05, 0.1) is 0 Å². The van der Waals surface area contributed by atoms with Gasteiger partial charge in [-0.25, -0.2) is 0 Å². The molecule has 15 heavy (non-hydrogen) atoms. The zero-order chi connectivity index (χ0) is 11.3. The van der Waals surface area contributed by atoms with Crippen LogP contribution in [0, 0.1) is 5.92 Å². The van der Waals surface area contributed by atoms with E-state index < -0.39 is 0 Å². The van der Waals surface area contributed by atoms with Crippen molar-refractivity contribution in [2.24, 2.45) is 5.92 Å². The SMILES string of the molecule is CC(C)CCCC(C)n1cnnc1CO. The van der Waals surface area contributed by atoms with Crippen LogP contribution in [0.25, 0.3) is 0 Å². The van der Waals surface area contributed by atoms with Crippen LogP contribution in [0.1, 0.15) is 51.9 Å². The summed E-state index contributed by atoms with van der Waals surface area (Å²) >= 11 is 0. The topological polar surface area (TPSA) is 50.9 Å². The molecule has 0 spiro atoms. The Bertz CT molecular complexity index is 283. The summed E-state index contributed by atoms with van der Waals surface area (Å²) in [5.41, 5.74) is 0. The van der Waals surface area contributed by atoms with Gasteiger partial charge in [0.15, 0.2) is 5.82 Å². The van der Waals surface area contributed by atoms with Gasteiger partial charge in [-0.1, -0.05) is 26.7 Å². The van der Waals surface area contributed by atoms with E-state index in [0.717, 1.165) is 12.3 Å². The molecule has 1 heterocycles. The number of hydrogen-bond donors (Lipinski definition) is 1. The average Bonchev–Trinajstić information content (AvgIpc) is 2.64. The summed E-state index contributed by atoms with van der Waals surface area (Å²) in [5, 5.41) is 16.7. The van der Waals surface area contributed by atoms with Crippen LogP contribution in [0.3, 0.4) is 0 Å². The Labute approximate surface area is 91.3 Å². The number of nitrogens with zero attached hydrogens (tertiary/aromatic N) is 3. The fourth-order valence-corrected chi connectivity index (χ4v) is 1.71. The number of aromatic nitrogens is 3. The zero-order valence-electron chi connectivity index (χ0n) is 9.85. The van der Waals surface area contributed by atoms with E-state index in [-0.39, 0.29) is 6.61 Å². The summed E-state index contributed by atoms with van der Waals surface area (Å²) in [7, 11) is 0. The number of aliphatic hydroxyl groups is 1. The molecule has 1 unspecified atom stereocenters. The van der Waals surface area contributed by atoms with Crippen LogP contribution in [-0.4, -0.2) is 19.9 Å². The lowest BCUT2D eigenvalue weighted by Gasteiger charge is -2.15. The molecule has 0 saturated carbocycles. The van der Waals surface area contributed by atoms with E-state index in [9.17, 15) is 0 Å². The normalized spacial score (nSPS) is 13.4. The van der Waals surface area contributed by atoms with Crippen molar-refractivity contribution >= 4 is 0 Å². The van der Waals surface area contributed by atoms with E-state index in [0.29, 0.717) is 11.9 Å². The lowest BCUT2D eigenvalue weighted by molar-refractivity contribution is 0.259. The highest BCUT2D eigenvalue weighted by atomic mass is 16.3. The molecule has 0 aliphatic carbocycles. The van der Waals surface area contributed by atoms with Crippen molar-refractivity contribution in [3.8, 4) is 0 Å². The molecule has 1 aromatic rings. The molecule has 4 nitrogen and oxygen atoms in total. The van der Waals surface area contributed by atoms with E-state index in [1.165, 1.54) is 12.8 Å². The first-order valence-electron chi connectivity index (χ1n) is 5.64. The van der Waals surface area contributed by atoms with Crippen LogP contribution in [0.4, 0.5) is 0 Å². The monoisotopic (exact) mass is 211 g/mol. The van der Waals surface area contributed by atoms with Gasteiger partial charge in [-0.3, -0.25) is 0 Å². The largest absolute Gasteiger partial charge is 0.388 e. The molecule has 1 atom stereocenters. The summed E-state index contributed by atoms with van der Waals surface area (Å²) < 4.78 is 1.96. The number of rotatable bonds is 6. The van der Waals surface area contributed by atoms with Crippen molar-refractivity contribution in [2.75, 3.05) is 0 Å². The minimum Gasteiger partial charge on any atom is -0.388 e. The van der Waals surface area contributed by atoms with E-state index in [1.807, 2.05) is 4.57 Å². The fourth-order valence-electron chi connectivity index (χ4n) is 1.71. The van der Waals surface area contributed by atoms with E-state index in [4.69, 9.17) is 5.11 Å². The molecule has 0 saturated heterocycles. The zero-order valence-corrected chi connectivity index (χ0v) is 9.85. The van der Waals surface area contributed by atoms with E-state index in [1.54, 1.807) is 6.33 Å². The number of aliphatic hydroxyl groups excluding tert-OH is 1. The van der Waals surface area contributed by atoms with Crippen molar-refractivity contribution in [1.29, 1.82) is 0 Å². The lowest BCUT2D eigenvalue weighted by atomic mass is 10.0. The van der Waals surface area contributed by atoms with Crippen LogP contribution < -0.4 is 0 Å². The molecule has 0 amide bonds. The minimum atomic E-state index is -0.0332. The van der Waals surface area contributed by atoms with Crippen LogP contribution in [-0.2, 0) is 6.61 Å². The first-order valence-corrected chi connectivity index (χ1v) is 5.64. The average molecular weight is 211 g/mol. The minimum absolute atomic E-state index is 0.0332. The summed E-state index contributed by atoms with van der Waals surface area (Å²) in [6.07, 6.45) is 5.28. The summed E-state index contributed by atoms with van der Waals surface area (Å²) in [6, 6.07) is 0.376. The van der Waals surface area contributed by atoms with Gasteiger partial charge in [0.1, 0.15) is 12.9 Å². The second kappa shape index (κ2) is 5.85. The van der Waals surface area contributed by atoms with Gasteiger partial charge >= 0.3 is 0 Å². The van der Waals surface area contributed by atoms with Gasteiger partial charge in [0.25, 0.3) is 0 Å². The van der Waals surface area contributed by atoms with E-state index in [2.05, 4.69) is 31.0 Å². The predicted molar refractivity (Wildman–Crippen MR) is 59.3 cm³/mol.